The quantitative estimate of drug-likeness (QED) is 0.258. The Morgan fingerprint density at radius 3 is 2.03 bits per heavy atom. The smallest absolute Gasteiger partial charge is 0.0496 e. The minimum absolute atomic E-state index is 0.0266. The number of nitrogens with zero attached hydrogens (tertiary/aromatic N) is 1. The van der Waals surface area contributed by atoms with Crippen LogP contribution in [0.5, 0.6) is 0 Å². The molecule has 4 aromatic carbocycles. The van der Waals surface area contributed by atoms with Crippen LogP contribution >= 0.6 is 11.3 Å². The first-order chi connectivity index (χ1) is 14.5. The maximum absolute atomic E-state index is 2.47. The first-order valence-corrected chi connectivity index (χ1v) is 11.3. The van der Waals surface area contributed by atoms with Gasteiger partial charge in [0.25, 0.3) is 0 Å². The van der Waals surface area contributed by atoms with Crippen molar-refractivity contribution < 1.29 is 0 Å². The third-order valence-corrected chi connectivity index (χ3v) is 7.19. The molecular formula is C28H23NS. The molecule has 2 heteroatoms. The van der Waals surface area contributed by atoms with E-state index in [1.807, 2.05) is 11.3 Å². The number of hydrogen-bond acceptors (Lipinski definition) is 1. The summed E-state index contributed by atoms with van der Waals surface area (Å²) in [5.41, 5.74) is 5.19. The third kappa shape index (κ3) is 2.54. The zero-order chi connectivity index (χ0) is 20.5. The molecule has 6 aromatic rings. The van der Waals surface area contributed by atoms with Crippen molar-refractivity contribution in [3.8, 4) is 11.1 Å². The van der Waals surface area contributed by atoms with E-state index in [1.165, 1.54) is 53.1 Å². The molecule has 0 atom stereocenters. The van der Waals surface area contributed by atoms with Crippen LogP contribution in [0.15, 0.2) is 84.9 Å². The van der Waals surface area contributed by atoms with E-state index in [1.54, 1.807) is 0 Å². The molecule has 0 unspecified atom stereocenters. The van der Waals surface area contributed by atoms with Crippen molar-refractivity contribution in [3.05, 3.63) is 84.9 Å². The molecule has 2 heterocycles. The van der Waals surface area contributed by atoms with Crippen LogP contribution in [0.2, 0.25) is 0 Å². The molecule has 0 spiro atoms. The number of aromatic nitrogens is 1. The molecule has 0 amide bonds. The van der Waals surface area contributed by atoms with Crippen LogP contribution in [0.4, 0.5) is 0 Å². The maximum Gasteiger partial charge on any atom is 0.0496 e. The van der Waals surface area contributed by atoms with E-state index < -0.39 is 0 Å². The molecule has 2 aromatic heterocycles. The average molecular weight is 406 g/mol. The predicted molar refractivity (Wildman–Crippen MR) is 133 cm³/mol. The molecule has 30 heavy (non-hydrogen) atoms. The zero-order valence-electron chi connectivity index (χ0n) is 17.4. The topological polar surface area (TPSA) is 4.93 Å². The number of thiophene rings is 1. The van der Waals surface area contributed by atoms with Crippen LogP contribution in [0.25, 0.3) is 53.1 Å². The van der Waals surface area contributed by atoms with Crippen LogP contribution < -0.4 is 0 Å². The van der Waals surface area contributed by atoms with Crippen LogP contribution in [0, 0.1) is 0 Å². The first-order valence-electron chi connectivity index (χ1n) is 10.5. The van der Waals surface area contributed by atoms with Crippen LogP contribution in [0.3, 0.4) is 0 Å². The van der Waals surface area contributed by atoms with E-state index in [0.29, 0.717) is 0 Å². The lowest BCUT2D eigenvalue weighted by Gasteiger charge is -2.24. The van der Waals surface area contributed by atoms with Crippen LogP contribution in [0.1, 0.15) is 20.8 Å². The Morgan fingerprint density at radius 1 is 0.567 bits per heavy atom. The molecule has 146 valence electrons. The summed E-state index contributed by atoms with van der Waals surface area (Å²) in [6, 6.07) is 31.3. The van der Waals surface area contributed by atoms with Gasteiger partial charge in [0, 0.05) is 47.5 Å². The second-order valence-electron chi connectivity index (χ2n) is 9.06. The van der Waals surface area contributed by atoms with Gasteiger partial charge in [0.05, 0.1) is 0 Å². The van der Waals surface area contributed by atoms with Gasteiger partial charge in [-0.05, 0) is 62.2 Å². The van der Waals surface area contributed by atoms with Crippen molar-refractivity contribution in [3.63, 3.8) is 0 Å². The van der Waals surface area contributed by atoms with Crippen molar-refractivity contribution in [2.24, 2.45) is 0 Å². The van der Waals surface area contributed by atoms with E-state index in [-0.39, 0.29) is 5.54 Å². The van der Waals surface area contributed by atoms with Crippen molar-refractivity contribution in [2.45, 2.75) is 26.3 Å². The Morgan fingerprint density at radius 2 is 1.20 bits per heavy atom. The van der Waals surface area contributed by atoms with Crippen molar-refractivity contribution >= 4 is 53.3 Å². The molecule has 0 fully saturated rings. The fourth-order valence-corrected chi connectivity index (χ4v) is 5.93. The van der Waals surface area contributed by atoms with Crippen molar-refractivity contribution in [1.29, 1.82) is 0 Å². The zero-order valence-corrected chi connectivity index (χ0v) is 18.3. The van der Waals surface area contributed by atoms with Crippen LogP contribution in [-0.2, 0) is 5.54 Å². The molecule has 6 rings (SSSR count). The lowest BCUT2D eigenvalue weighted by molar-refractivity contribution is 0.423. The standard InChI is InChI=1S/C28H23NS/c1-28(2,3)29-24-10-6-4-8-20(24)23-16-18(13-15-25(23)29)19-12-14-22-21-9-5-7-11-26(21)30-27(22)17-19/h4-17H,1-3H3. The fraction of sp³-hybridized carbons (Fsp3) is 0.143. The summed E-state index contributed by atoms with van der Waals surface area (Å²) in [4.78, 5) is 0. The van der Waals surface area contributed by atoms with Crippen molar-refractivity contribution in [1.82, 2.24) is 4.57 Å². The predicted octanol–water partition coefficient (Wildman–Crippen LogP) is 8.58. The van der Waals surface area contributed by atoms with E-state index in [2.05, 4.69) is 110 Å². The highest BCUT2D eigenvalue weighted by Crippen LogP contribution is 2.39. The lowest BCUT2D eigenvalue weighted by atomic mass is 10.0. The first kappa shape index (κ1) is 17.7. The second-order valence-corrected chi connectivity index (χ2v) is 10.1. The minimum atomic E-state index is 0.0266. The summed E-state index contributed by atoms with van der Waals surface area (Å²) in [6.07, 6.45) is 0. The van der Waals surface area contributed by atoms with Gasteiger partial charge >= 0.3 is 0 Å². The number of para-hydroxylation sites is 1. The molecule has 0 bridgehead atoms. The molecule has 0 aliphatic rings. The highest BCUT2D eigenvalue weighted by Gasteiger charge is 2.20. The number of hydrogen-bond donors (Lipinski definition) is 0. The summed E-state index contributed by atoms with van der Waals surface area (Å²) >= 11 is 1.88. The van der Waals surface area contributed by atoms with E-state index >= 15 is 0 Å². The maximum atomic E-state index is 2.47. The number of benzene rings is 4. The number of fused-ring (bicyclic) bond motifs is 6. The minimum Gasteiger partial charge on any atom is -0.335 e. The van der Waals surface area contributed by atoms with Gasteiger partial charge in [-0.3, -0.25) is 0 Å². The summed E-state index contributed by atoms with van der Waals surface area (Å²) in [5, 5.41) is 5.36. The third-order valence-electron chi connectivity index (χ3n) is 6.06. The Balaban J connectivity index is 1.60. The van der Waals surface area contributed by atoms with Gasteiger partial charge in [-0.15, -0.1) is 11.3 Å². The van der Waals surface area contributed by atoms with E-state index in [9.17, 15) is 0 Å². The average Bonchev–Trinajstić information content (AvgIpc) is 3.28. The molecule has 0 N–H and O–H groups in total. The van der Waals surface area contributed by atoms with Gasteiger partial charge in [0.15, 0.2) is 0 Å². The molecule has 0 aliphatic carbocycles. The molecule has 0 saturated carbocycles. The molecular weight excluding hydrogens is 382 g/mol. The summed E-state index contributed by atoms with van der Waals surface area (Å²) in [6.45, 7) is 6.84. The Kier molecular flexibility index (Phi) is 3.66. The fourth-order valence-electron chi connectivity index (χ4n) is 4.78. The van der Waals surface area contributed by atoms with Gasteiger partial charge in [-0.25, -0.2) is 0 Å². The Hall–Kier alpha value is -3.10. The van der Waals surface area contributed by atoms with Gasteiger partial charge in [0.1, 0.15) is 0 Å². The molecule has 0 saturated heterocycles. The summed E-state index contributed by atoms with van der Waals surface area (Å²) in [7, 11) is 0. The Bertz CT molecular complexity index is 1570. The SMILES string of the molecule is CC(C)(C)n1c2ccccc2c2cc(-c3ccc4c(c3)sc3ccccc34)ccc21. The summed E-state index contributed by atoms with van der Waals surface area (Å²) in [5.74, 6) is 0. The largest absolute Gasteiger partial charge is 0.335 e. The number of rotatable bonds is 1. The monoisotopic (exact) mass is 405 g/mol. The van der Waals surface area contributed by atoms with Crippen LogP contribution in [-0.4, -0.2) is 4.57 Å². The molecule has 0 aliphatic heterocycles. The highest BCUT2D eigenvalue weighted by atomic mass is 32.1. The summed E-state index contributed by atoms with van der Waals surface area (Å²) < 4.78 is 5.18. The molecule has 1 nitrogen and oxygen atoms in total. The normalized spacial score (nSPS) is 12.5. The Labute approximate surface area is 180 Å². The van der Waals surface area contributed by atoms with E-state index in [0.717, 1.165) is 0 Å². The second kappa shape index (κ2) is 6.20. The van der Waals surface area contributed by atoms with Gasteiger partial charge in [-0.1, -0.05) is 54.6 Å². The lowest BCUT2D eigenvalue weighted by Crippen LogP contribution is -2.21. The molecule has 0 radical (unpaired) electrons. The van der Waals surface area contributed by atoms with Crippen molar-refractivity contribution in [2.75, 3.05) is 0 Å². The van der Waals surface area contributed by atoms with E-state index in [4.69, 9.17) is 0 Å². The van der Waals surface area contributed by atoms with Gasteiger partial charge in [-0.2, -0.15) is 0 Å². The highest BCUT2D eigenvalue weighted by molar-refractivity contribution is 7.25. The van der Waals surface area contributed by atoms with Gasteiger partial charge < -0.3 is 4.57 Å². The van der Waals surface area contributed by atoms with Gasteiger partial charge in [0.2, 0.25) is 0 Å².